The minimum atomic E-state index is -0.622. The molecular formula is C14H24ClN3O6. The summed E-state index contributed by atoms with van der Waals surface area (Å²) >= 11 is 0. The van der Waals surface area contributed by atoms with Gasteiger partial charge in [-0.1, -0.05) is 0 Å². The van der Waals surface area contributed by atoms with Crippen LogP contribution in [0.15, 0.2) is 6.07 Å². The lowest BCUT2D eigenvalue weighted by molar-refractivity contribution is -0.923. The molecule has 0 atom stereocenters. The summed E-state index contributed by atoms with van der Waals surface area (Å²) in [5.41, 5.74) is 0.284. The van der Waals surface area contributed by atoms with E-state index in [1.807, 2.05) is 0 Å². The Morgan fingerprint density at radius 3 is 2.33 bits per heavy atom. The highest BCUT2D eigenvalue weighted by molar-refractivity contribution is 5.89. The summed E-state index contributed by atoms with van der Waals surface area (Å²) in [5.74, 6) is -0.622. The fourth-order valence-corrected chi connectivity index (χ4v) is 2.49. The number of rotatable bonds is 9. The molecule has 0 spiro atoms. The summed E-state index contributed by atoms with van der Waals surface area (Å²) in [4.78, 5) is 22.7. The van der Waals surface area contributed by atoms with Crippen molar-refractivity contribution in [3.05, 3.63) is 27.6 Å². The lowest BCUT2D eigenvalue weighted by Crippen LogP contribution is -3.00. The van der Waals surface area contributed by atoms with Crippen LogP contribution in [0.2, 0.25) is 0 Å². The zero-order valence-corrected chi connectivity index (χ0v) is 14.8. The highest BCUT2D eigenvalue weighted by Crippen LogP contribution is 2.26. The predicted molar refractivity (Wildman–Crippen MR) is 81.8 cm³/mol. The number of hydrogen-bond donors (Lipinski definition) is 2. The molecule has 0 aliphatic carbocycles. The second-order valence-electron chi connectivity index (χ2n) is 5.57. The van der Waals surface area contributed by atoms with E-state index in [1.165, 1.54) is 10.6 Å². The molecule has 0 saturated heterocycles. The molecular weight excluding hydrogens is 342 g/mol. The first kappa shape index (κ1) is 22.3. The zero-order valence-electron chi connectivity index (χ0n) is 14.1. The van der Waals surface area contributed by atoms with E-state index >= 15 is 0 Å². The van der Waals surface area contributed by atoms with Gasteiger partial charge in [-0.05, 0) is 6.92 Å². The highest BCUT2D eigenvalue weighted by atomic mass is 35.5. The third-order valence-corrected chi connectivity index (χ3v) is 3.83. The van der Waals surface area contributed by atoms with Crippen molar-refractivity contribution in [1.29, 1.82) is 0 Å². The van der Waals surface area contributed by atoms with Crippen LogP contribution in [0.5, 0.6) is 0 Å². The number of esters is 1. The van der Waals surface area contributed by atoms with E-state index in [1.54, 1.807) is 21.0 Å². The lowest BCUT2D eigenvalue weighted by atomic mass is 10.2. The molecule has 1 aromatic rings. The third kappa shape index (κ3) is 5.17. The number of quaternary nitrogens is 1. The Morgan fingerprint density at radius 1 is 1.38 bits per heavy atom. The molecule has 24 heavy (non-hydrogen) atoms. The van der Waals surface area contributed by atoms with Crippen LogP contribution in [0.3, 0.4) is 0 Å². The molecule has 0 aliphatic rings. The van der Waals surface area contributed by atoms with Gasteiger partial charge in [-0.15, -0.1) is 0 Å². The number of aromatic nitrogens is 1. The van der Waals surface area contributed by atoms with Crippen molar-refractivity contribution in [3.8, 4) is 0 Å². The predicted octanol–water partition coefficient (Wildman–Crippen LogP) is -2.95. The van der Waals surface area contributed by atoms with Gasteiger partial charge in [0.2, 0.25) is 0 Å². The fourth-order valence-electron chi connectivity index (χ4n) is 2.49. The second kappa shape index (κ2) is 9.58. The van der Waals surface area contributed by atoms with Crippen molar-refractivity contribution in [2.75, 3.05) is 40.0 Å². The van der Waals surface area contributed by atoms with Gasteiger partial charge < -0.3 is 36.4 Å². The Labute approximate surface area is 146 Å². The summed E-state index contributed by atoms with van der Waals surface area (Å²) in [6.07, 6.45) is 0. The monoisotopic (exact) mass is 365 g/mol. The summed E-state index contributed by atoms with van der Waals surface area (Å²) in [5, 5.41) is 29.7. The maximum absolute atomic E-state index is 11.9. The quantitative estimate of drug-likeness (QED) is 0.209. The molecule has 0 fully saturated rings. The molecule has 0 amide bonds. The maximum Gasteiger partial charge on any atom is 0.355 e. The number of aliphatic hydroxyl groups excluding tert-OH is 2. The average Bonchev–Trinajstić information content (AvgIpc) is 2.77. The lowest BCUT2D eigenvalue weighted by Gasteiger charge is -2.33. The highest BCUT2D eigenvalue weighted by Gasteiger charge is 2.32. The molecule has 0 unspecified atom stereocenters. The number of ether oxygens (including phenoxy) is 1. The normalized spacial score (nSPS) is 11.0. The molecule has 9 nitrogen and oxygen atoms in total. The van der Waals surface area contributed by atoms with E-state index in [0.717, 1.165) is 0 Å². The second-order valence-corrected chi connectivity index (χ2v) is 5.57. The Balaban J connectivity index is 0.00000529. The Morgan fingerprint density at radius 2 is 1.92 bits per heavy atom. The van der Waals surface area contributed by atoms with Crippen molar-refractivity contribution in [3.63, 3.8) is 0 Å². The number of aliphatic hydroxyl groups is 2. The smallest absolute Gasteiger partial charge is 0.355 e. The van der Waals surface area contributed by atoms with Crippen LogP contribution in [0.4, 0.5) is 5.69 Å². The van der Waals surface area contributed by atoms with Crippen molar-refractivity contribution >= 4 is 11.7 Å². The Bertz CT molecular complexity index is 569. The minimum Gasteiger partial charge on any atom is -1.00 e. The largest absolute Gasteiger partial charge is 1.00 e. The van der Waals surface area contributed by atoms with Crippen molar-refractivity contribution in [1.82, 2.24) is 4.57 Å². The SMILES string of the molecule is CCOC(=O)c1cc([N+](=O)[O-])c(C[N+](C)(CCO)CCO)n1C.[Cl-]. The van der Waals surface area contributed by atoms with Crippen molar-refractivity contribution in [2.24, 2.45) is 7.05 Å². The summed E-state index contributed by atoms with van der Waals surface area (Å²) in [6, 6.07) is 1.20. The molecule has 0 saturated carbocycles. The number of carbonyl (C=O) groups is 1. The molecule has 2 N–H and O–H groups in total. The summed E-state index contributed by atoms with van der Waals surface area (Å²) in [6.45, 7) is 2.48. The number of carbonyl (C=O) groups excluding carboxylic acids is 1. The molecule has 0 bridgehead atoms. The number of nitrogens with zero attached hydrogens (tertiary/aromatic N) is 3. The first-order valence-electron chi connectivity index (χ1n) is 7.35. The van der Waals surface area contributed by atoms with Gasteiger partial charge in [-0.3, -0.25) is 10.1 Å². The van der Waals surface area contributed by atoms with Gasteiger partial charge in [0.15, 0.2) is 5.69 Å². The topological polar surface area (TPSA) is 115 Å². The molecule has 0 aliphatic heterocycles. The van der Waals surface area contributed by atoms with Crippen LogP contribution in [-0.4, -0.2) is 70.1 Å². The summed E-state index contributed by atoms with van der Waals surface area (Å²) < 4.78 is 6.58. The van der Waals surface area contributed by atoms with E-state index < -0.39 is 10.9 Å². The third-order valence-electron chi connectivity index (χ3n) is 3.83. The van der Waals surface area contributed by atoms with Gasteiger partial charge >= 0.3 is 5.97 Å². The van der Waals surface area contributed by atoms with Crippen molar-refractivity contribution in [2.45, 2.75) is 13.5 Å². The maximum atomic E-state index is 11.9. The molecule has 10 heteroatoms. The number of hydrogen-bond acceptors (Lipinski definition) is 6. The van der Waals surface area contributed by atoms with Crippen LogP contribution in [0.25, 0.3) is 0 Å². The first-order valence-corrected chi connectivity index (χ1v) is 7.35. The standard InChI is InChI=1S/C14H24N3O6.ClH/c1-4-23-14(20)12-9-11(16(21)22)13(15(12)2)10-17(3,5-7-18)6-8-19;/h9,18-19H,4-8,10H2,1-3H3;1H/q+1;/p-1. The van der Waals surface area contributed by atoms with Gasteiger partial charge in [-0.2, -0.15) is 0 Å². The molecule has 1 aromatic heterocycles. The van der Waals surface area contributed by atoms with Crippen LogP contribution in [0, 0.1) is 10.1 Å². The van der Waals surface area contributed by atoms with E-state index in [9.17, 15) is 25.1 Å². The van der Waals surface area contributed by atoms with Crippen molar-refractivity contribution < 1.29 is 41.6 Å². The molecule has 138 valence electrons. The van der Waals surface area contributed by atoms with Gasteiger partial charge in [0.05, 0.1) is 31.8 Å². The zero-order chi connectivity index (χ0) is 17.6. The summed E-state index contributed by atoms with van der Waals surface area (Å²) in [7, 11) is 3.35. The van der Waals surface area contributed by atoms with Crippen LogP contribution < -0.4 is 12.4 Å². The average molecular weight is 366 g/mol. The van der Waals surface area contributed by atoms with Crippen LogP contribution in [0.1, 0.15) is 23.1 Å². The van der Waals surface area contributed by atoms with E-state index in [4.69, 9.17) is 4.74 Å². The molecule has 1 heterocycles. The fraction of sp³-hybridized carbons (Fsp3) is 0.643. The molecule has 0 aromatic carbocycles. The van der Waals surface area contributed by atoms with Crippen LogP contribution in [-0.2, 0) is 18.3 Å². The number of halogens is 1. The van der Waals surface area contributed by atoms with Gasteiger partial charge in [0.25, 0.3) is 5.69 Å². The number of likely N-dealkylation sites (N-methyl/N-ethyl adjacent to an activating group) is 1. The van der Waals surface area contributed by atoms with E-state index in [-0.39, 0.29) is 54.6 Å². The number of nitro groups is 1. The van der Waals surface area contributed by atoms with Gasteiger partial charge in [0, 0.05) is 13.1 Å². The van der Waals surface area contributed by atoms with E-state index in [0.29, 0.717) is 18.8 Å². The van der Waals surface area contributed by atoms with E-state index in [2.05, 4.69) is 0 Å². The van der Waals surface area contributed by atoms with Gasteiger partial charge in [-0.25, -0.2) is 4.79 Å². The Kier molecular flexibility index (Phi) is 8.91. The Hall–Kier alpha value is -1.68. The molecule has 0 radical (unpaired) electrons. The molecule has 1 rings (SSSR count). The van der Waals surface area contributed by atoms with Gasteiger partial charge in [0.1, 0.15) is 25.3 Å². The van der Waals surface area contributed by atoms with Crippen LogP contribution >= 0.6 is 0 Å². The first-order chi connectivity index (χ1) is 10.8. The minimum absolute atomic E-state index is 0.